The molecule has 0 saturated carbocycles. The first-order chi connectivity index (χ1) is 16.7. The molecule has 2 aromatic carbocycles. The van der Waals surface area contributed by atoms with Crippen LogP contribution in [-0.4, -0.2) is 41.9 Å². The van der Waals surface area contributed by atoms with Gasteiger partial charge in [0.1, 0.15) is 6.04 Å². The fraction of sp³-hybridized carbons (Fsp3) is 0.360. The van der Waals surface area contributed by atoms with Crippen molar-refractivity contribution < 1.29 is 27.5 Å². The maximum atomic E-state index is 13.6. The molecule has 1 N–H and O–H groups in total. The van der Waals surface area contributed by atoms with Gasteiger partial charge in [-0.05, 0) is 37.6 Å². The van der Waals surface area contributed by atoms with E-state index in [-0.39, 0.29) is 11.4 Å². The summed E-state index contributed by atoms with van der Waals surface area (Å²) in [7, 11) is 1.86. The van der Waals surface area contributed by atoms with Crippen LogP contribution in [0.1, 0.15) is 30.5 Å². The first kappa shape index (κ1) is 25.1. The zero-order valence-electron chi connectivity index (χ0n) is 19.4. The molecule has 2 heterocycles. The van der Waals surface area contributed by atoms with Crippen molar-refractivity contribution in [2.75, 3.05) is 30.4 Å². The van der Waals surface area contributed by atoms with E-state index < -0.39 is 29.6 Å². The van der Waals surface area contributed by atoms with E-state index in [1.54, 1.807) is 0 Å². The smallest absolute Gasteiger partial charge is 0.382 e. The van der Waals surface area contributed by atoms with E-state index in [2.05, 4.69) is 5.32 Å². The third kappa shape index (κ3) is 5.04. The Labute approximate surface area is 205 Å². The lowest BCUT2D eigenvalue weighted by molar-refractivity contribution is -0.137. The maximum absolute atomic E-state index is 13.6. The van der Waals surface area contributed by atoms with Crippen molar-refractivity contribution in [2.45, 2.75) is 30.6 Å². The molecule has 186 valence electrons. The first-order valence-corrected chi connectivity index (χ1v) is 12.3. The minimum absolute atomic E-state index is 0.0124. The van der Waals surface area contributed by atoms with Crippen LogP contribution in [0.2, 0.25) is 0 Å². The zero-order valence-corrected chi connectivity index (χ0v) is 20.2. The number of hydrogen-bond donors (Lipinski definition) is 1. The summed E-state index contributed by atoms with van der Waals surface area (Å²) >= 11 is 1.28. The number of amides is 2. The second kappa shape index (κ2) is 10.3. The third-order valence-electron chi connectivity index (χ3n) is 5.89. The second-order valence-corrected chi connectivity index (χ2v) is 9.10. The van der Waals surface area contributed by atoms with Gasteiger partial charge >= 0.3 is 6.18 Å². The van der Waals surface area contributed by atoms with Crippen molar-refractivity contribution in [1.29, 1.82) is 0 Å². The van der Waals surface area contributed by atoms with Gasteiger partial charge in [0.25, 0.3) is 0 Å². The normalized spacial score (nSPS) is 16.3. The van der Waals surface area contributed by atoms with Crippen LogP contribution in [0.25, 0.3) is 10.9 Å². The van der Waals surface area contributed by atoms with Gasteiger partial charge in [-0.3, -0.25) is 14.5 Å². The SMILES string of the molecule is CCOCCCNC(=O)[C@H]1c2c(n(C)c3ccccc23)SCC(=O)N1c1cccc(C(F)(F)F)c1. The summed E-state index contributed by atoms with van der Waals surface area (Å²) < 4.78 is 47.7. The van der Waals surface area contributed by atoms with Crippen LogP contribution in [0.5, 0.6) is 0 Å². The number of nitrogens with zero attached hydrogens (tertiary/aromatic N) is 2. The van der Waals surface area contributed by atoms with E-state index >= 15 is 0 Å². The Morgan fingerprint density at radius 1 is 1.20 bits per heavy atom. The Balaban J connectivity index is 1.83. The number of nitrogens with one attached hydrogen (secondary N) is 1. The maximum Gasteiger partial charge on any atom is 0.416 e. The van der Waals surface area contributed by atoms with Crippen LogP contribution >= 0.6 is 11.8 Å². The number of thioether (sulfide) groups is 1. The fourth-order valence-electron chi connectivity index (χ4n) is 4.31. The summed E-state index contributed by atoms with van der Waals surface area (Å²) in [6.45, 7) is 3.22. The number of benzene rings is 2. The molecule has 10 heteroatoms. The molecule has 35 heavy (non-hydrogen) atoms. The minimum Gasteiger partial charge on any atom is -0.382 e. The van der Waals surface area contributed by atoms with Crippen LogP contribution < -0.4 is 10.2 Å². The van der Waals surface area contributed by atoms with Gasteiger partial charge in [-0.15, -0.1) is 0 Å². The number of carbonyl (C=O) groups is 2. The average molecular weight is 506 g/mol. The highest BCUT2D eigenvalue weighted by atomic mass is 32.2. The van der Waals surface area contributed by atoms with Crippen molar-refractivity contribution in [3.63, 3.8) is 0 Å². The van der Waals surface area contributed by atoms with E-state index in [1.165, 1.54) is 28.8 Å². The average Bonchev–Trinajstić information content (AvgIpc) is 3.01. The lowest BCUT2D eigenvalue weighted by Crippen LogP contribution is -2.44. The van der Waals surface area contributed by atoms with Crippen molar-refractivity contribution in [3.8, 4) is 0 Å². The van der Waals surface area contributed by atoms with Gasteiger partial charge in [-0.2, -0.15) is 13.2 Å². The molecular weight excluding hydrogens is 479 g/mol. The van der Waals surface area contributed by atoms with E-state index in [9.17, 15) is 22.8 Å². The number of hydrogen-bond acceptors (Lipinski definition) is 4. The van der Waals surface area contributed by atoms with Crippen molar-refractivity contribution in [2.24, 2.45) is 7.05 Å². The summed E-state index contributed by atoms with van der Waals surface area (Å²) in [4.78, 5) is 28.2. The number of fused-ring (bicyclic) bond motifs is 3. The molecule has 3 aromatic rings. The van der Waals surface area contributed by atoms with Gasteiger partial charge in [0.2, 0.25) is 11.8 Å². The van der Waals surface area contributed by atoms with E-state index in [1.807, 2.05) is 42.8 Å². The minimum atomic E-state index is -4.58. The Morgan fingerprint density at radius 3 is 2.71 bits per heavy atom. The number of ether oxygens (including phenoxy) is 1. The fourth-order valence-corrected chi connectivity index (χ4v) is 5.38. The van der Waals surface area contributed by atoms with Gasteiger partial charge in [0, 0.05) is 49.0 Å². The molecule has 0 saturated heterocycles. The van der Waals surface area contributed by atoms with Gasteiger partial charge < -0.3 is 14.6 Å². The van der Waals surface area contributed by atoms with Crippen molar-refractivity contribution in [3.05, 3.63) is 59.7 Å². The van der Waals surface area contributed by atoms with Crippen molar-refractivity contribution in [1.82, 2.24) is 9.88 Å². The molecule has 1 aromatic heterocycles. The summed E-state index contributed by atoms with van der Waals surface area (Å²) in [6.07, 6.45) is -4.01. The molecule has 0 aliphatic carbocycles. The first-order valence-electron chi connectivity index (χ1n) is 11.3. The van der Waals surface area contributed by atoms with E-state index in [0.717, 1.165) is 28.1 Å². The van der Waals surface area contributed by atoms with Gasteiger partial charge in [-0.25, -0.2) is 0 Å². The molecule has 0 radical (unpaired) electrons. The predicted octanol–water partition coefficient (Wildman–Crippen LogP) is 4.92. The highest BCUT2D eigenvalue weighted by Crippen LogP contribution is 2.44. The molecule has 0 fully saturated rings. The lowest BCUT2D eigenvalue weighted by Gasteiger charge is -2.30. The number of aromatic nitrogens is 1. The third-order valence-corrected chi connectivity index (χ3v) is 7.05. The number of para-hydroxylation sites is 1. The van der Waals surface area contributed by atoms with Crippen LogP contribution in [0.4, 0.5) is 18.9 Å². The second-order valence-electron chi connectivity index (χ2n) is 8.14. The molecule has 0 bridgehead atoms. The standard InChI is InChI=1S/C25H26F3N3O3S/c1-3-34-13-7-12-29-23(33)22-21-18-10-4-5-11-19(18)30(2)24(21)35-15-20(32)31(22)17-9-6-8-16(14-17)25(26,27)28/h4-6,8-11,14,22H,3,7,12-13,15H2,1-2H3,(H,29,33)/t22-/m1/s1. The molecule has 6 nitrogen and oxygen atoms in total. The molecule has 4 rings (SSSR count). The number of carbonyl (C=O) groups excluding carboxylic acids is 2. The quantitative estimate of drug-likeness (QED) is 0.463. The Hall–Kier alpha value is -2.98. The molecule has 0 unspecified atom stereocenters. The monoisotopic (exact) mass is 505 g/mol. The summed E-state index contributed by atoms with van der Waals surface area (Å²) in [5.41, 5.74) is 0.630. The molecule has 1 aliphatic rings. The molecule has 1 atom stereocenters. The van der Waals surface area contributed by atoms with Crippen LogP contribution in [0.15, 0.2) is 53.6 Å². The summed E-state index contributed by atoms with van der Waals surface area (Å²) in [5.74, 6) is -0.905. The Bertz CT molecular complexity index is 1240. The lowest BCUT2D eigenvalue weighted by atomic mass is 10.0. The van der Waals surface area contributed by atoms with Gasteiger partial charge in [0.15, 0.2) is 0 Å². The zero-order chi connectivity index (χ0) is 25.2. The Morgan fingerprint density at radius 2 is 1.97 bits per heavy atom. The number of anilines is 1. The predicted molar refractivity (Wildman–Crippen MR) is 129 cm³/mol. The van der Waals surface area contributed by atoms with Crippen LogP contribution in [0.3, 0.4) is 0 Å². The molecule has 2 amide bonds. The largest absolute Gasteiger partial charge is 0.416 e. The van der Waals surface area contributed by atoms with Gasteiger partial charge in [-0.1, -0.05) is 36.0 Å². The highest BCUT2D eigenvalue weighted by Gasteiger charge is 2.40. The molecule has 1 aliphatic heterocycles. The molecule has 0 spiro atoms. The number of rotatable bonds is 7. The number of aryl methyl sites for hydroxylation is 1. The molecular formula is C25H26F3N3O3S. The van der Waals surface area contributed by atoms with Crippen molar-refractivity contribution >= 4 is 40.2 Å². The topological polar surface area (TPSA) is 63.6 Å². The number of halogens is 3. The number of alkyl halides is 3. The van der Waals surface area contributed by atoms with E-state index in [0.29, 0.717) is 31.7 Å². The highest BCUT2D eigenvalue weighted by molar-refractivity contribution is 8.00. The Kier molecular flexibility index (Phi) is 7.42. The van der Waals surface area contributed by atoms with Crippen LogP contribution in [0, 0.1) is 0 Å². The summed E-state index contributed by atoms with van der Waals surface area (Å²) in [5, 5.41) is 4.38. The van der Waals surface area contributed by atoms with Gasteiger partial charge in [0.05, 0.1) is 16.3 Å². The van der Waals surface area contributed by atoms with E-state index in [4.69, 9.17) is 4.74 Å². The van der Waals surface area contributed by atoms with Crippen LogP contribution in [-0.2, 0) is 27.5 Å². The summed E-state index contributed by atoms with van der Waals surface area (Å²) in [6, 6.07) is 10.9.